The Kier molecular flexibility index (Phi) is 4.02. The van der Waals surface area contributed by atoms with E-state index in [1.54, 1.807) is 12.1 Å². The average Bonchev–Trinajstić information content (AvgIpc) is 2.83. The lowest BCUT2D eigenvalue weighted by atomic mass is 10.1. The highest BCUT2D eigenvalue weighted by molar-refractivity contribution is 6.22. The van der Waals surface area contributed by atoms with Gasteiger partial charge in [-0.3, -0.25) is 14.9 Å². The van der Waals surface area contributed by atoms with E-state index in [4.69, 9.17) is 0 Å². The molecule has 0 aromatic heterocycles. The fraction of sp³-hybridized carbons (Fsp3) is 0.222. The predicted octanol–water partition coefficient (Wildman–Crippen LogP) is 2.67. The molecule has 2 unspecified atom stereocenters. The Labute approximate surface area is 129 Å². The number of hydrogen-bond acceptors (Lipinski definition) is 3. The van der Waals surface area contributed by atoms with Crippen LogP contribution in [0, 0.1) is 0 Å². The zero-order chi connectivity index (χ0) is 15.5. The fourth-order valence-corrected chi connectivity index (χ4v) is 2.75. The summed E-state index contributed by atoms with van der Waals surface area (Å²) in [6.07, 6.45) is 0.199. The van der Waals surface area contributed by atoms with Gasteiger partial charge in [0, 0.05) is 6.04 Å². The van der Waals surface area contributed by atoms with Gasteiger partial charge in [0.25, 0.3) is 5.91 Å². The third-order valence-corrected chi connectivity index (χ3v) is 3.91. The molecule has 1 fully saturated rings. The molecule has 1 saturated heterocycles. The fourth-order valence-electron chi connectivity index (χ4n) is 2.75. The molecule has 3 rings (SSSR count). The molecule has 2 atom stereocenters. The van der Waals surface area contributed by atoms with Crippen LogP contribution >= 0.6 is 0 Å². The molecule has 1 N–H and O–H groups in total. The van der Waals surface area contributed by atoms with Crippen molar-refractivity contribution in [3.8, 4) is 0 Å². The van der Waals surface area contributed by atoms with Crippen molar-refractivity contribution >= 4 is 17.5 Å². The van der Waals surface area contributed by atoms with Gasteiger partial charge >= 0.3 is 0 Å². The number of nitrogens with zero attached hydrogens (tertiary/aromatic N) is 1. The Bertz CT molecular complexity index is 670. The molecule has 0 spiro atoms. The average molecular weight is 294 g/mol. The van der Waals surface area contributed by atoms with Crippen LogP contribution < -0.4 is 10.2 Å². The van der Waals surface area contributed by atoms with Crippen molar-refractivity contribution in [2.45, 2.75) is 25.4 Å². The molecule has 2 aromatic carbocycles. The first kappa shape index (κ1) is 14.5. The Hall–Kier alpha value is -2.46. The summed E-state index contributed by atoms with van der Waals surface area (Å²) in [6, 6.07) is 18.5. The molecule has 0 saturated carbocycles. The summed E-state index contributed by atoms with van der Waals surface area (Å²) >= 11 is 0. The number of rotatable bonds is 4. The van der Waals surface area contributed by atoms with Crippen molar-refractivity contribution in [1.29, 1.82) is 0 Å². The topological polar surface area (TPSA) is 49.4 Å². The van der Waals surface area contributed by atoms with Crippen LogP contribution in [0.2, 0.25) is 0 Å². The Morgan fingerprint density at radius 1 is 1.00 bits per heavy atom. The van der Waals surface area contributed by atoms with E-state index in [0.717, 1.165) is 5.56 Å². The minimum atomic E-state index is -0.470. The SMILES string of the molecule is CC(NC1CC(=O)N(c2ccccc2)C1=O)c1ccccc1. The lowest BCUT2D eigenvalue weighted by Gasteiger charge is -2.19. The number of carbonyl (C=O) groups is 2. The summed E-state index contributed by atoms with van der Waals surface area (Å²) in [5.74, 6) is -0.340. The minimum Gasteiger partial charge on any atom is -0.299 e. The lowest BCUT2D eigenvalue weighted by molar-refractivity contribution is -0.121. The van der Waals surface area contributed by atoms with Crippen LogP contribution in [0.15, 0.2) is 60.7 Å². The van der Waals surface area contributed by atoms with Crippen LogP contribution in [-0.4, -0.2) is 17.9 Å². The largest absolute Gasteiger partial charge is 0.299 e. The summed E-state index contributed by atoms with van der Waals surface area (Å²) in [5, 5.41) is 3.26. The molecule has 22 heavy (non-hydrogen) atoms. The Morgan fingerprint density at radius 3 is 2.23 bits per heavy atom. The number of imide groups is 1. The molecular formula is C18H18N2O2. The van der Waals surface area contributed by atoms with Crippen molar-refractivity contribution in [2.75, 3.05) is 4.90 Å². The number of benzene rings is 2. The van der Waals surface area contributed by atoms with Gasteiger partial charge in [0.2, 0.25) is 5.91 Å². The van der Waals surface area contributed by atoms with E-state index in [0.29, 0.717) is 5.69 Å². The standard InChI is InChI=1S/C18H18N2O2/c1-13(14-8-4-2-5-9-14)19-16-12-17(21)20(18(16)22)15-10-6-3-7-11-15/h2-11,13,16,19H,12H2,1H3. The normalized spacial score (nSPS) is 19.5. The maximum Gasteiger partial charge on any atom is 0.251 e. The second kappa shape index (κ2) is 6.12. The zero-order valence-corrected chi connectivity index (χ0v) is 12.4. The number of carbonyl (C=O) groups excluding carboxylic acids is 2. The summed E-state index contributed by atoms with van der Waals surface area (Å²) < 4.78 is 0. The predicted molar refractivity (Wildman–Crippen MR) is 85.3 cm³/mol. The second-order valence-corrected chi connectivity index (χ2v) is 5.46. The molecule has 0 aliphatic carbocycles. The summed E-state index contributed by atoms with van der Waals surface area (Å²) in [4.78, 5) is 26.0. The van der Waals surface area contributed by atoms with Gasteiger partial charge < -0.3 is 0 Å². The number of amides is 2. The molecule has 4 nitrogen and oxygen atoms in total. The van der Waals surface area contributed by atoms with E-state index in [1.807, 2.05) is 55.5 Å². The van der Waals surface area contributed by atoms with Crippen LogP contribution in [0.3, 0.4) is 0 Å². The van der Waals surface area contributed by atoms with Crippen LogP contribution in [-0.2, 0) is 9.59 Å². The third kappa shape index (κ3) is 2.78. The zero-order valence-electron chi connectivity index (χ0n) is 12.4. The van der Waals surface area contributed by atoms with Crippen LogP contribution in [0.1, 0.15) is 24.9 Å². The number of nitrogens with one attached hydrogen (secondary N) is 1. The second-order valence-electron chi connectivity index (χ2n) is 5.46. The number of anilines is 1. The molecule has 2 aromatic rings. The van der Waals surface area contributed by atoms with Crippen LogP contribution in [0.25, 0.3) is 0 Å². The van der Waals surface area contributed by atoms with Gasteiger partial charge in [0.15, 0.2) is 0 Å². The molecule has 4 heteroatoms. The van der Waals surface area contributed by atoms with Gasteiger partial charge in [0.1, 0.15) is 0 Å². The summed E-state index contributed by atoms with van der Waals surface area (Å²) in [7, 11) is 0. The highest BCUT2D eigenvalue weighted by Crippen LogP contribution is 2.24. The number of para-hydroxylation sites is 1. The van der Waals surface area contributed by atoms with Gasteiger partial charge in [-0.25, -0.2) is 4.90 Å². The van der Waals surface area contributed by atoms with Gasteiger partial charge in [-0.05, 0) is 24.6 Å². The smallest absolute Gasteiger partial charge is 0.251 e. The Balaban J connectivity index is 1.74. The lowest BCUT2D eigenvalue weighted by Crippen LogP contribution is -2.39. The first-order chi connectivity index (χ1) is 10.7. The molecule has 112 valence electrons. The van der Waals surface area contributed by atoms with Gasteiger partial charge in [-0.2, -0.15) is 0 Å². The molecular weight excluding hydrogens is 276 g/mol. The summed E-state index contributed by atoms with van der Waals surface area (Å²) in [6.45, 7) is 2.00. The monoisotopic (exact) mass is 294 g/mol. The Morgan fingerprint density at radius 2 is 1.59 bits per heavy atom. The van der Waals surface area contributed by atoms with Crippen molar-refractivity contribution in [3.05, 3.63) is 66.2 Å². The van der Waals surface area contributed by atoms with Crippen molar-refractivity contribution in [3.63, 3.8) is 0 Å². The number of hydrogen-bond donors (Lipinski definition) is 1. The van der Waals surface area contributed by atoms with E-state index < -0.39 is 6.04 Å². The highest BCUT2D eigenvalue weighted by Gasteiger charge is 2.39. The van der Waals surface area contributed by atoms with Crippen LogP contribution in [0.5, 0.6) is 0 Å². The van der Waals surface area contributed by atoms with E-state index in [2.05, 4.69) is 5.32 Å². The van der Waals surface area contributed by atoms with Crippen molar-refractivity contribution in [2.24, 2.45) is 0 Å². The molecule has 1 aliphatic heterocycles. The first-order valence-corrected chi connectivity index (χ1v) is 7.39. The molecule has 1 heterocycles. The quantitative estimate of drug-likeness (QED) is 0.882. The van der Waals surface area contributed by atoms with Crippen molar-refractivity contribution in [1.82, 2.24) is 5.32 Å². The molecule has 0 radical (unpaired) electrons. The maximum absolute atomic E-state index is 12.5. The first-order valence-electron chi connectivity index (χ1n) is 7.39. The van der Waals surface area contributed by atoms with Gasteiger partial charge in [-0.15, -0.1) is 0 Å². The van der Waals surface area contributed by atoms with E-state index in [9.17, 15) is 9.59 Å². The summed E-state index contributed by atoms with van der Waals surface area (Å²) in [5.41, 5.74) is 1.73. The highest BCUT2D eigenvalue weighted by atomic mass is 16.2. The van der Waals surface area contributed by atoms with E-state index in [-0.39, 0.29) is 24.3 Å². The van der Waals surface area contributed by atoms with Gasteiger partial charge in [-0.1, -0.05) is 48.5 Å². The molecule has 2 amide bonds. The third-order valence-electron chi connectivity index (χ3n) is 3.91. The molecule has 1 aliphatic rings. The van der Waals surface area contributed by atoms with Gasteiger partial charge in [0.05, 0.1) is 18.2 Å². The minimum absolute atomic E-state index is 0.0127. The maximum atomic E-state index is 12.5. The van der Waals surface area contributed by atoms with Crippen molar-refractivity contribution < 1.29 is 9.59 Å². The van der Waals surface area contributed by atoms with E-state index >= 15 is 0 Å². The van der Waals surface area contributed by atoms with Crippen LogP contribution in [0.4, 0.5) is 5.69 Å². The molecule has 0 bridgehead atoms. The van der Waals surface area contributed by atoms with E-state index in [1.165, 1.54) is 4.90 Å².